The molecule has 0 aromatic carbocycles. The molecule has 3 aromatic heterocycles. The number of thiazole rings is 1. The van der Waals surface area contributed by atoms with Crippen LogP contribution in [-0.4, -0.2) is 45.2 Å². The highest BCUT2D eigenvalue weighted by atomic mass is 32.1. The molecule has 3 heterocycles. The monoisotopic (exact) mass is 441 g/mol. The molecule has 166 valence electrons. The zero-order chi connectivity index (χ0) is 22.2. The standard InChI is InChI=1S/C23H31N5O2S/c1-5-7-8-17(6-2)26-22(29)18-13-21(28(16(18)3)11-12-30-4)20-15-31-23(27-20)19-14-24-9-10-25-19/h9-10,13-15,17H,5-8,11-12H2,1-4H3,(H,26,29). The molecule has 8 heteroatoms. The van der Waals surface area contributed by atoms with Gasteiger partial charge in [-0.05, 0) is 25.8 Å². The first-order chi connectivity index (χ1) is 15.1. The van der Waals surface area contributed by atoms with Gasteiger partial charge in [-0.1, -0.05) is 26.7 Å². The van der Waals surface area contributed by atoms with Crippen LogP contribution in [0.4, 0.5) is 0 Å². The first kappa shape index (κ1) is 23.1. The van der Waals surface area contributed by atoms with E-state index in [1.165, 1.54) is 11.3 Å². The molecule has 0 bridgehead atoms. The molecule has 7 nitrogen and oxygen atoms in total. The molecule has 31 heavy (non-hydrogen) atoms. The molecule has 3 aromatic rings. The number of aromatic nitrogens is 4. The van der Waals surface area contributed by atoms with Crippen molar-refractivity contribution in [2.24, 2.45) is 0 Å². The number of carbonyl (C=O) groups is 1. The summed E-state index contributed by atoms with van der Waals surface area (Å²) in [5.74, 6) is -0.0257. The molecule has 0 saturated heterocycles. The van der Waals surface area contributed by atoms with E-state index in [0.717, 1.165) is 53.5 Å². The highest BCUT2D eigenvalue weighted by Gasteiger charge is 2.22. The van der Waals surface area contributed by atoms with E-state index >= 15 is 0 Å². The van der Waals surface area contributed by atoms with E-state index < -0.39 is 0 Å². The Morgan fingerprint density at radius 3 is 2.81 bits per heavy atom. The number of carbonyl (C=O) groups excluding carboxylic acids is 1. The summed E-state index contributed by atoms with van der Waals surface area (Å²) in [6.07, 6.45) is 9.18. The third kappa shape index (κ3) is 5.57. The van der Waals surface area contributed by atoms with Gasteiger partial charge in [0.1, 0.15) is 10.7 Å². The summed E-state index contributed by atoms with van der Waals surface area (Å²) in [5, 5.41) is 6.02. The second-order valence-electron chi connectivity index (χ2n) is 7.52. The maximum Gasteiger partial charge on any atom is 0.253 e. The van der Waals surface area contributed by atoms with Gasteiger partial charge in [0.15, 0.2) is 0 Å². The SMILES string of the molecule is CCCCC(CC)NC(=O)c1cc(-c2csc(-c3cnccn3)n2)n(CCOC)c1C. The van der Waals surface area contributed by atoms with Gasteiger partial charge < -0.3 is 14.6 Å². The van der Waals surface area contributed by atoms with Crippen LogP contribution in [0.2, 0.25) is 0 Å². The second-order valence-corrected chi connectivity index (χ2v) is 8.38. The fraction of sp³-hybridized carbons (Fsp3) is 0.478. The Labute approximate surface area is 187 Å². The lowest BCUT2D eigenvalue weighted by Crippen LogP contribution is -2.34. The Morgan fingerprint density at radius 2 is 2.13 bits per heavy atom. The largest absolute Gasteiger partial charge is 0.383 e. The molecule has 0 spiro atoms. The zero-order valence-corrected chi connectivity index (χ0v) is 19.5. The minimum Gasteiger partial charge on any atom is -0.383 e. The van der Waals surface area contributed by atoms with Crippen LogP contribution >= 0.6 is 11.3 Å². The van der Waals surface area contributed by atoms with Gasteiger partial charge in [-0.25, -0.2) is 4.98 Å². The van der Waals surface area contributed by atoms with Crippen LogP contribution in [0.5, 0.6) is 0 Å². The highest BCUT2D eigenvalue weighted by Crippen LogP contribution is 2.30. The first-order valence-corrected chi connectivity index (χ1v) is 11.7. The topological polar surface area (TPSA) is 81.9 Å². The minimum atomic E-state index is -0.0257. The lowest BCUT2D eigenvalue weighted by Gasteiger charge is -2.16. The Kier molecular flexibility index (Phi) is 8.31. The smallest absolute Gasteiger partial charge is 0.253 e. The van der Waals surface area contributed by atoms with Crippen molar-refractivity contribution in [1.29, 1.82) is 0 Å². The van der Waals surface area contributed by atoms with E-state index in [-0.39, 0.29) is 11.9 Å². The predicted molar refractivity (Wildman–Crippen MR) is 124 cm³/mol. The van der Waals surface area contributed by atoms with E-state index in [4.69, 9.17) is 9.72 Å². The average molecular weight is 442 g/mol. The molecule has 1 N–H and O–H groups in total. The van der Waals surface area contributed by atoms with Gasteiger partial charge in [0, 0.05) is 43.2 Å². The number of ether oxygens (including phenoxy) is 1. The summed E-state index contributed by atoms with van der Waals surface area (Å²) in [6.45, 7) is 7.47. The van der Waals surface area contributed by atoms with Crippen molar-refractivity contribution in [3.05, 3.63) is 41.3 Å². The van der Waals surface area contributed by atoms with Crippen LogP contribution in [0.15, 0.2) is 30.0 Å². The Balaban J connectivity index is 1.91. The Bertz CT molecular complexity index is 983. The lowest BCUT2D eigenvalue weighted by molar-refractivity contribution is 0.0932. The van der Waals surface area contributed by atoms with E-state index in [2.05, 4.69) is 33.7 Å². The molecule has 0 aliphatic heterocycles. The van der Waals surface area contributed by atoms with Crippen LogP contribution < -0.4 is 5.32 Å². The van der Waals surface area contributed by atoms with Gasteiger partial charge in [-0.3, -0.25) is 14.8 Å². The van der Waals surface area contributed by atoms with Gasteiger partial charge in [0.25, 0.3) is 5.91 Å². The fourth-order valence-electron chi connectivity index (χ4n) is 3.57. The highest BCUT2D eigenvalue weighted by molar-refractivity contribution is 7.13. The summed E-state index contributed by atoms with van der Waals surface area (Å²) in [5.41, 5.74) is 4.08. The summed E-state index contributed by atoms with van der Waals surface area (Å²) < 4.78 is 7.42. The number of methoxy groups -OCH3 is 1. The number of amides is 1. The van der Waals surface area contributed by atoms with Crippen LogP contribution in [0, 0.1) is 6.92 Å². The van der Waals surface area contributed by atoms with Crippen LogP contribution in [0.25, 0.3) is 22.1 Å². The van der Waals surface area contributed by atoms with Crippen LogP contribution in [0.1, 0.15) is 55.6 Å². The van der Waals surface area contributed by atoms with Gasteiger partial charge in [0.2, 0.25) is 0 Å². The van der Waals surface area contributed by atoms with Crippen LogP contribution in [0.3, 0.4) is 0 Å². The molecule has 0 aliphatic rings. The van der Waals surface area contributed by atoms with Gasteiger partial charge >= 0.3 is 0 Å². The normalized spacial score (nSPS) is 12.1. The number of rotatable bonds is 11. The molecule has 3 rings (SSSR count). The van der Waals surface area contributed by atoms with Crippen molar-refractivity contribution < 1.29 is 9.53 Å². The molecular formula is C23H31N5O2S. The third-order valence-electron chi connectivity index (χ3n) is 5.41. The van der Waals surface area contributed by atoms with Crippen molar-refractivity contribution >= 4 is 17.2 Å². The summed E-state index contributed by atoms with van der Waals surface area (Å²) in [6, 6.07) is 2.14. The van der Waals surface area contributed by atoms with Crippen molar-refractivity contribution in [2.45, 2.75) is 59.0 Å². The van der Waals surface area contributed by atoms with Crippen molar-refractivity contribution in [3.8, 4) is 22.1 Å². The summed E-state index contributed by atoms with van der Waals surface area (Å²) in [4.78, 5) is 26.3. The predicted octanol–water partition coefficient (Wildman–Crippen LogP) is 4.72. The number of hydrogen-bond acceptors (Lipinski definition) is 6. The molecule has 0 aliphatic carbocycles. The zero-order valence-electron chi connectivity index (χ0n) is 18.7. The van der Waals surface area contributed by atoms with E-state index in [0.29, 0.717) is 18.7 Å². The summed E-state index contributed by atoms with van der Waals surface area (Å²) >= 11 is 1.52. The fourth-order valence-corrected chi connectivity index (χ4v) is 4.34. The van der Waals surface area contributed by atoms with E-state index in [1.807, 2.05) is 18.4 Å². The Morgan fingerprint density at radius 1 is 1.29 bits per heavy atom. The van der Waals surface area contributed by atoms with Crippen molar-refractivity contribution in [2.75, 3.05) is 13.7 Å². The first-order valence-electron chi connectivity index (χ1n) is 10.8. The lowest BCUT2D eigenvalue weighted by atomic mass is 10.1. The average Bonchev–Trinajstić information content (AvgIpc) is 3.40. The van der Waals surface area contributed by atoms with Gasteiger partial charge in [-0.2, -0.15) is 0 Å². The van der Waals surface area contributed by atoms with Crippen molar-refractivity contribution in [3.63, 3.8) is 0 Å². The maximum absolute atomic E-state index is 13.1. The molecule has 0 saturated carbocycles. The minimum absolute atomic E-state index is 0.0257. The second kappa shape index (κ2) is 11.2. The number of nitrogens with zero attached hydrogens (tertiary/aromatic N) is 4. The van der Waals surface area contributed by atoms with Gasteiger partial charge in [-0.15, -0.1) is 11.3 Å². The molecule has 1 unspecified atom stereocenters. The molecule has 0 fully saturated rings. The number of nitrogens with one attached hydrogen (secondary N) is 1. The third-order valence-corrected chi connectivity index (χ3v) is 6.28. The Hall–Kier alpha value is -2.58. The van der Waals surface area contributed by atoms with E-state index in [9.17, 15) is 4.79 Å². The molecule has 0 radical (unpaired) electrons. The van der Waals surface area contributed by atoms with Crippen molar-refractivity contribution in [1.82, 2.24) is 24.8 Å². The van der Waals surface area contributed by atoms with Crippen LogP contribution in [-0.2, 0) is 11.3 Å². The quantitative estimate of drug-likeness (QED) is 0.465. The number of unbranched alkanes of at least 4 members (excludes halogenated alkanes) is 1. The maximum atomic E-state index is 13.1. The molecule has 1 amide bonds. The molecule has 1 atom stereocenters. The van der Waals surface area contributed by atoms with Gasteiger partial charge in [0.05, 0.1) is 29.8 Å². The summed E-state index contributed by atoms with van der Waals surface area (Å²) in [7, 11) is 1.68. The number of hydrogen-bond donors (Lipinski definition) is 1. The van der Waals surface area contributed by atoms with E-state index in [1.54, 1.807) is 25.7 Å². The molecular weight excluding hydrogens is 410 g/mol.